The molecule has 0 bridgehead atoms. The highest BCUT2D eigenvalue weighted by Crippen LogP contribution is 2.50. The van der Waals surface area contributed by atoms with Crippen molar-refractivity contribution < 1.29 is 9.53 Å². The lowest BCUT2D eigenvalue weighted by atomic mass is 10.2. The third-order valence-electron chi connectivity index (χ3n) is 2.98. The number of hydrogen-bond donors (Lipinski definition) is 1. The molecule has 0 radical (unpaired) electrons. The van der Waals surface area contributed by atoms with Crippen LogP contribution in [0, 0.1) is 17.8 Å². The van der Waals surface area contributed by atoms with E-state index in [4.69, 9.17) is 4.74 Å². The topological polar surface area (TPSA) is 38.3 Å². The first kappa shape index (κ1) is 8.05. The zero-order chi connectivity index (χ0) is 8.55. The van der Waals surface area contributed by atoms with Gasteiger partial charge in [0.15, 0.2) is 0 Å². The smallest absolute Gasteiger partial charge is 0.306 e. The van der Waals surface area contributed by atoms with Crippen molar-refractivity contribution in [3.8, 4) is 0 Å². The lowest BCUT2D eigenvalue weighted by Gasteiger charge is -2.03. The van der Waals surface area contributed by atoms with Gasteiger partial charge in [-0.25, -0.2) is 0 Å². The number of carbonyl (C=O) groups is 1. The fourth-order valence-corrected chi connectivity index (χ4v) is 2.26. The SMILES string of the molecule is CCOC(=O)C[C@H]1C2CNC[C@H]21. The molecule has 1 saturated carbocycles. The Labute approximate surface area is 72.5 Å². The first-order valence-corrected chi connectivity index (χ1v) is 4.69. The van der Waals surface area contributed by atoms with Crippen molar-refractivity contribution >= 4 is 5.97 Å². The molecule has 0 aromatic rings. The summed E-state index contributed by atoms with van der Waals surface area (Å²) in [4.78, 5) is 11.1. The molecule has 2 fully saturated rings. The number of rotatable bonds is 3. The van der Waals surface area contributed by atoms with Crippen LogP contribution < -0.4 is 5.32 Å². The Bertz CT molecular complexity index is 183. The van der Waals surface area contributed by atoms with Crippen LogP contribution in [-0.2, 0) is 9.53 Å². The Balaban J connectivity index is 1.72. The predicted molar refractivity (Wildman–Crippen MR) is 44.6 cm³/mol. The van der Waals surface area contributed by atoms with Crippen LogP contribution in [0.4, 0.5) is 0 Å². The van der Waals surface area contributed by atoms with E-state index < -0.39 is 0 Å². The molecule has 3 heteroatoms. The van der Waals surface area contributed by atoms with Crippen LogP contribution in [-0.4, -0.2) is 25.7 Å². The highest BCUT2D eigenvalue weighted by atomic mass is 16.5. The molecule has 0 spiro atoms. The number of ether oxygens (including phenoxy) is 1. The summed E-state index contributed by atoms with van der Waals surface area (Å²) in [7, 11) is 0. The fraction of sp³-hybridized carbons (Fsp3) is 0.889. The molecule has 68 valence electrons. The molecule has 0 aromatic carbocycles. The van der Waals surface area contributed by atoms with E-state index >= 15 is 0 Å². The standard InChI is InChI=1S/C9H15NO2/c1-2-12-9(11)3-6-7-4-10-5-8(6)7/h6-8,10H,2-5H2,1H3/t6-,7+,8?/m1/s1. The Kier molecular flexibility index (Phi) is 2.05. The summed E-state index contributed by atoms with van der Waals surface area (Å²) in [6.07, 6.45) is 0.644. The molecular weight excluding hydrogens is 154 g/mol. The normalized spacial score (nSPS) is 37.6. The van der Waals surface area contributed by atoms with Gasteiger partial charge < -0.3 is 10.1 Å². The van der Waals surface area contributed by atoms with E-state index in [-0.39, 0.29) is 5.97 Å². The van der Waals surface area contributed by atoms with Crippen LogP contribution in [0.2, 0.25) is 0 Å². The molecule has 1 N–H and O–H groups in total. The third-order valence-corrected chi connectivity index (χ3v) is 2.98. The zero-order valence-electron chi connectivity index (χ0n) is 7.38. The number of carbonyl (C=O) groups excluding carboxylic acids is 1. The van der Waals surface area contributed by atoms with Gasteiger partial charge in [0.2, 0.25) is 0 Å². The molecule has 1 aliphatic heterocycles. The van der Waals surface area contributed by atoms with E-state index in [1.54, 1.807) is 0 Å². The number of hydrogen-bond acceptors (Lipinski definition) is 3. The van der Waals surface area contributed by atoms with Crippen LogP contribution in [0.3, 0.4) is 0 Å². The molecule has 3 atom stereocenters. The monoisotopic (exact) mass is 169 g/mol. The van der Waals surface area contributed by atoms with Gasteiger partial charge >= 0.3 is 5.97 Å². The number of fused-ring (bicyclic) bond motifs is 1. The Morgan fingerprint density at radius 3 is 2.75 bits per heavy atom. The minimum atomic E-state index is -0.0168. The summed E-state index contributed by atoms with van der Waals surface area (Å²) in [5.41, 5.74) is 0. The van der Waals surface area contributed by atoms with Gasteiger partial charge in [-0.2, -0.15) is 0 Å². The van der Waals surface area contributed by atoms with Crippen LogP contribution in [0.15, 0.2) is 0 Å². The van der Waals surface area contributed by atoms with Crippen molar-refractivity contribution in [1.29, 1.82) is 0 Å². The largest absolute Gasteiger partial charge is 0.466 e. The summed E-state index contributed by atoms with van der Waals surface area (Å²) >= 11 is 0. The van der Waals surface area contributed by atoms with E-state index in [1.165, 1.54) is 0 Å². The average molecular weight is 169 g/mol. The molecule has 1 aliphatic carbocycles. The minimum Gasteiger partial charge on any atom is -0.466 e. The number of piperidine rings is 1. The highest BCUT2D eigenvalue weighted by Gasteiger charge is 2.53. The molecule has 0 amide bonds. The van der Waals surface area contributed by atoms with Crippen molar-refractivity contribution in [2.45, 2.75) is 13.3 Å². The van der Waals surface area contributed by atoms with Gasteiger partial charge in [0.05, 0.1) is 6.61 Å². The number of nitrogens with one attached hydrogen (secondary N) is 1. The van der Waals surface area contributed by atoms with Gasteiger partial charge in [-0.3, -0.25) is 4.79 Å². The predicted octanol–water partition coefficient (Wildman–Crippen LogP) is 0.405. The first-order valence-electron chi connectivity index (χ1n) is 4.69. The van der Waals surface area contributed by atoms with Crippen molar-refractivity contribution in [3.63, 3.8) is 0 Å². The summed E-state index contributed by atoms with van der Waals surface area (Å²) in [6.45, 7) is 4.58. The van der Waals surface area contributed by atoms with Crippen molar-refractivity contribution in [1.82, 2.24) is 5.32 Å². The lowest BCUT2D eigenvalue weighted by molar-refractivity contribution is -0.143. The second kappa shape index (κ2) is 3.05. The Hall–Kier alpha value is -0.570. The van der Waals surface area contributed by atoms with Crippen molar-refractivity contribution in [3.05, 3.63) is 0 Å². The molecule has 1 heterocycles. The molecule has 1 saturated heterocycles. The highest BCUT2D eigenvalue weighted by molar-refractivity contribution is 5.70. The van der Waals surface area contributed by atoms with E-state index in [1.807, 2.05) is 6.92 Å². The molecule has 0 aromatic heterocycles. The molecule has 12 heavy (non-hydrogen) atoms. The molecular formula is C9H15NO2. The maximum absolute atomic E-state index is 11.1. The maximum Gasteiger partial charge on any atom is 0.306 e. The molecule has 2 rings (SSSR count). The zero-order valence-corrected chi connectivity index (χ0v) is 7.38. The van der Waals surface area contributed by atoms with Gasteiger partial charge in [0.1, 0.15) is 0 Å². The van der Waals surface area contributed by atoms with E-state index in [0.29, 0.717) is 18.9 Å². The van der Waals surface area contributed by atoms with Crippen LogP contribution >= 0.6 is 0 Å². The first-order chi connectivity index (χ1) is 5.83. The van der Waals surface area contributed by atoms with Crippen molar-refractivity contribution in [2.24, 2.45) is 17.8 Å². The summed E-state index contributed by atoms with van der Waals surface area (Å²) in [5.74, 6) is 2.16. The molecule has 3 nitrogen and oxygen atoms in total. The second-order valence-electron chi connectivity index (χ2n) is 3.66. The van der Waals surface area contributed by atoms with Gasteiger partial charge in [0.25, 0.3) is 0 Å². The summed E-state index contributed by atoms with van der Waals surface area (Å²) in [6, 6.07) is 0. The molecule has 1 unspecified atom stereocenters. The van der Waals surface area contributed by atoms with Crippen LogP contribution in [0.25, 0.3) is 0 Å². The maximum atomic E-state index is 11.1. The fourth-order valence-electron chi connectivity index (χ4n) is 2.26. The van der Waals surface area contributed by atoms with Gasteiger partial charge in [0, 0.05) is 6.42 Å². The third kappa shape index (κ3) is 1.33. The van der Waals surface area contributed by atoms with Crippen molar-refractivity contribution in [2.75, 3.05) is 19.7 Å². The average Bonchev–Trinajstić information content (AvgIpc) is 2.51. The van der Waals surface area contributed by atoms with E-state index in [0.717, 1.165) is 24.9 Å². The molecule has 2 aliphatic rings. The van der Waals surface area contributed by atoms with E-state index in [2.05, 4.69) is 5.32 Å². The second-order valence-corrected chi connectivity index (χ2v) is 3.66. The Morgan fingerprint density at radius 2 is 2.17 bits per heavy atom. The summed E-state index contributed by atoms with van der Waals surface area (Å²) < 4.78 is 4.90. The van der Waals surface area contributed by atoms with Gasteiger partial charge in [-0.05, 0) is 37.8 Å². The minimum absolute atomic E-state index is 0.0168. The van der Waals surface area contributed by atoms with Gasteiger partial charge in [-0.1, -0.05) is 0 Å². The number of esters is 1. The lowest BCUT2D eigenvalue weighted by Crippen LogP contribution is -2.16. The van der Waals surface area contributed by atoms with Crippen LogP contribution in [0.5, 0.6) is 0 Å². The van der Waals surface area contributed by atoms with Gasteiger partial charge in [-0.15, -0.1) is 0 Å². The van der Waals surface area contributed by atoms with E-state index in [9.17, 15) is 4.79 Å². The Morgan fingerprint density at radius 1 is 1.50 bits per heavy atom. The summed E-state index contributed by atoms with van der Waals surface area (Å²) in [5, 5.41) is 3.30. The van der Waals surface area contributed by atoms with Crippen LogP contribution in [0.1, 0.15) is 13.3 Å². The quantitative estimate of drug-likeness (QED) is 0.622.